The van der Waals surface area contributed by atoms with Gasteiger partial charge in [-0.2, -0.15) is 5.26 Å². The van der Waals surface area contributed by atoms with Gasteiger partial charge in [0.05, 0.1) is 35.9 Å². The quantitative estimate of drug-likeness (QED) is 0.856. The lowest BCUT2D eigenvalue weighted by Gasteiger charge is -2.57. The molecule has 0 bridgehead atoms. The van der Waals surface area contributed by atoms with Gasteiger partial charge in [-0.05, 0) is 42.5 Å². The highest BCUT2D eigenvalue weighted by Gasteiger charge is 2.53. The summed E-state index contributed by atoms with van der Waals surface area (Å²) in [6.07, 6.45) is 5.61. The molecule has 5 rings (SSSR count). The first kappa shape index (κ1) is 17.4. The van der Waals surface area contributed by atoms with E-state index in [2.05, 4.69) is 21.4 Å². The van der Waals surface area contributed by atoms with Crippen molar-refractivity contribution in [2.45, 2.75) is 30.8 Å². The predicted molar refractivity (Wildman–Crippen MR) is 102 cm³/mol. The van der Waals surface area contributed by atoms with Crippen LogP contribution in [0.15, 0.2) is 24.5 Å². The van der Waals surface area contributed by atoms with Crippen molar-refractivity contribution in [1.82, 2.24) is 14.9 Å². The second kappa shape index (κ2) is 6.43. The largest absolute Gasteiger partial charge is 0.376 e. The zero-order valence-corrected chi connectivity index (χ0v) is 15.9. The van der Waals surface area contributed by atoms with E-state index in [9.17, 15) is 10.1 Å². The van der Waals surface area contributed by atoms with Gasteiger partial charge in [0, 0.05) is 30.0 Å². The Labute approximate surface area is 167 Å². The predicted octanol–water partition coefficient (Wildman–Crippen LogP) is 2.20. The molecule has 2 aliphatic heterocycles. The van der Waals surface area contributed by atoms with Crippen molar-refractivity contribution in [2.75, 3.05) is 25.1 Å². The van der Waals surface area contributed by atoms with Gasteiger partial charge in [-0.15, -0.1) is 0 Å². The Morgan fingerprint density at radius 3 is 2.71 bits per heavy atom. The molecule has 1 aliphatic carbocycles. The SMILES string of the molecule is N#Cc1cc(Cl)cc2c1CC(Nc1ncc(C(=O)N3CCC34COC4)cn1)C2. The molecule has 1 spiro atoms. The number of likely N-dealkylation sites (tertiary alicyclic amines) is 1. The van der Waals surface area contributed by atoms with Crippen molar-refractivity contribution in [3.63, 3.8) is 0 Å². The van der Waals surface area contributed by atoms with E-state index in [1.54, 1.807) is 18.5 Å². The van der Waals surface area contributed by atoms with Crippen LogP contribution in [0.3, 0.4) is 0 Å². The van der Waals surface area contributed by atoms with Gasteiger partial charge in [-0.25, -0.2) is 9.97 Å². The third-order valence-corrected chi connectivity index (χ3v) is 6.15. The number of hydrogen-bond acceptors (Lipinski definition) is 6. The first-order valence-corrected chi connectivity index (χ1v) is 9.65. The Morgan fingerprint density at radius 1 is 1.32 bits per heavy atom. The number of halogens is 1. The Kier molecular flexibility index (Phi) is 4.00. The molecule has 3 aliphatic rings. The van der Waals surface area contributed by atoms with Gasteiger partial charge in [0.2, 0.25) is 5.95 Å². The molecule has 1 unspecified atom stereocenters. The molecule has 2 saturated heterocycles. The number of nitrogens with zero attached hydrogens (tertiary/aromatic N) is 4. The summed E-state index contributed by atoms with van der Waals surface area (Å²) in [4.78, 5) is 23.2. The normalized spacial score (nSPS) is 21.4. The van der Waals surface area contributed by atoms with Crippen molar-refractivity contribution in [2.24, 2.45) is 0 Å². The topological polar surface area (TPSA) is 91.1 Å². The summed E-state index contributed by atoms with van der Waals surface area (Å²) in [7, 11) is 0. The van der Waals surface area contributed by atoms with Crippen molar-refractivity contribution in [1.29, 1.82) is 5.26 Å². The molecule has 0 saturated carbocycles. The fraction of sp³-hybridized carbons (Fsp3) is 0.400. The van der Waals surface area contributed by atoms with Gasteiger partial charge in [-0.1, -0.05) is 11.6 Å². The molecule has 142 valence electrons. The molecule has 1 amide bonds. The van der Waals surface area contributed by atoms with Crippen LogP contribution < -0.4 is 5.32 Å². The number of nitriles is 1. The average molecular weight is 396 g/mol. The number of anilines is 1. The van der Waals surface area contributed by atoms with E-state index in [-0.39, 0.29) is 17.5 Å². The van der Waals surface area contributed by atoms with Crippen molar-refractivity contribution < 1.29 is 9.53 Å². The maximum absolute atomic E-state index is 12.7. The smallest absolute Gasteiger partial charge is 0.257 e. The summed E-state index contributed by atoms with van der Waals surface area (Å²) in [6, 6.07) is 5.92. The lowest BCUT2D eigenvalue weighted by Crippen LogP contribution is -2.72. The molecule has 28 heavy (non-hydrogen) atoms. The average Bonchev–Trinajstić information content (AvgIpc) is 3.01. The third-order valence-electron chi connectivity index (χ3n) is 5.94. The molecule has 3 heterocycles. The Bertz CT molecular complexity index is 991. The first-order valence-electron chi connectivity index (χ1n) is 9.28. The van der Waals surface area contributed by atoms with Gasteiger partial charge in [0.1, 0.15) is 0 Å². The van der Waals surface area contributed by atoms with Crippen LogP contribution in [-0.2, 0) is 17.6 Å². The standard InChI is InChI=1S/C20H18ClN5O2/c21-15-3-12-5-16(6-17(12)13(4-15)7-22)25-19-23-8-14(9-24-19)18(27)26-2-1-20(26)10-28-11-20/h3-4,8-9,16H,1-2,5-6,10-11H2,(H,23,24,25). The van der Waals surface area contributed by atoms with Gasteiger partial charge in [-0.3, -0.25) is 4.79 Å². The summed E-state index contributed by atoms with van der Waals surface area (Å²) in [5, 5.41) is 13.2. The van der Waals surface area contributed by atoms with E-state index in [1.807, 2.05) is 11.0 Å². The van der Waals surface area contributed by atoms with E-state index in [1.165, 1.54) is 0 Å². The zero-order chi connectivity index (χ0) is 19.3. The minimum absolute atomic E-state index is 0.0392. The van der Waals surface area contributed by atoms with E-state index in [4.69, 9.17) is 16.3 Å². The summed E-state index contributed by atoms with van der Waals surface area (Å²) >= 11 is 6.10. The van der Waals surface area contributed by atoms with Crippen LogP contribution in [-0.4, -0.2) is 52.1 Å². The Hall–Kier alpha value is -2.69. The van der Waals surface area contributed by atoms with E-state index in [0.29, 0.717) is 35.3 Å². The first-order chi connectivity index (χ1) is 13.6. The maximum atomic E-state index is 12.7. The number of carbonyl (C=O) groups excluding carboxylic acids is 1. The third kappa shape index (κ3) is 2.72. The number of benzene rings is 1. The maximum Gasteiger partial charge on any atom is 0.257 e. The molecule has 1 aromatic carbocycles. The minimum Gasteiger partial charge on any atom is -0.376 e. The van der Waals surface area contributed by atoms with Gasteiger partial charge in [0.25, 0.3) is 5.91 Å². The highest BCUT2D eigenvalue weighted by molar-refractivity contribution is 6.30. The minimum atomic E-state index is -0.0939. The van der Waals surface area contributed by atoms with Crippen LogP contribution in [0.2, 0.25) is 5.02 Å². The summed E-state index contributed by atoms with van der Waals surface area (Å²) in [5.41, 5.74) is 3.13. The lowest BCUT2D eigenvalue weighted by molar-refractivity contribution is -0.172. The fourth-order valence-electron chi connectivity index (χ4n) is 4.25. The van der Waals surface area contributed by atoms with Crippen LogP contribution >= 0.6 is 11.6 Å². The highest BCUT2D eigenvalue weighted by atomic mass is 35.5. The monoisotopic (exact) mass is 395 g/mol. The van der Waals surface area contributed by atoms with E-state index < -0.39 is 0 Å². The fourth-order valence-corrected chi connectivity index (χ4v) is 4.49. The number of aromatic nitrogens is 2. The lowest BCUT2D eigenvalue weighted by atomic mass is 9.82. The molecular weight excluding hydrogens is 378 g/mol. The molecule has 1 N–H and O–H groups in total. The zero-order valence-electron chi connectivity index (χ0n) is 15.1. The molecule has 2 aromatic rings. The van der Waals surface area contributed by atoms with Crippen molar-refractivity contribution in [3.05, 3.63) is 51.8 Å². The van der Waals surface area contributed by atoms with Gasteiger partial charge >= 0.3 is 0 Å². The van der Waals surface area contributed by atoms with Crippen molar-refractivity contribution in [3.8, 4) is 6.07 Å². The second-order valence-corrected chi connectivity index (χ2v) is 8.11. The van der Waals surface area contributed by atoms with Crippen LogP contribution in [0, 0.1) is 11.3 Å². The van der Waals surface area contributed by atoms with Crippen LogP contribution in [0.1, 0.15) is 33.5 Å². The molecule has 0 radical (unpaired) electrons. The Morgan fingerprint density at radius 2 is 2.11 bits per heavy atom. The molecule has 8 heteroatoms. The second-order valence-electron chi connectivity index (χ2n) is 7.67. The number of ether oxygens (including phenoxy) is 1. The number of amides is 1. The number of fused-ring (bicyclic) bond motifs is 1. The molecule has 1 aromatic heterocycles. The van der Waals surface area contributed by atoms with Crippen LogP contribution in [0.4, 0.5) is 5.95 Å². The summed E-state index contributed by atoms with van der Waals surface area (Å²) < 4.78 is 5.28. The van der Waals surface area contributed by atoms with E-state index >= 15 is 0 Å². The Balaban J connectivity index is 1.26. The molecule has 1 atom stereocenters. The van der Waals surface area contributed by atoms with Crippen LogP contribution in [0.5, 0.6) is 0 Å². The van der Waals surface area contributed by atoms with Gasteiger partial charge in [0.15, 0.2) is 0 Å². The molecular formula is C20H18ClN5O2. The summed E-state index contributed by atoms with van der Waals surface area (Å²) in [6.45, 7) is 2.00. The van der Waals surface area contributed by atoms with E-state index in [0.717, 1.165) is 36.9 Å². The highest BCUT2D eigenvalue weighted by Crippen LogP contribution is 2.38. The van der Waals surface area contributed by atoms with Crippen LogP contribution in [0.25, 0.3) is 0 Å². The summed E-state index contributed by atoms with van der Waals surface area (Å²) in [5.74, 6) is 0.437. The van der Waals surface area contributed by atoms with Gasteiger partial charge < -0.3 is 15.0 Å². The molecule has 7 nitrogen and oxygen atoms in total. The van der Waals surface area contributed by atoms with Crippen molar-refractivity contribution >= 4 is 23.5 Å². The number of rotatable bonds is 3. The number of carbonyl (C=O) groups is 1. The number of nitrogens with one attached hydrogen (secondary N) is 1. The molecule has 2 fully saturated rings. The number of hydrogen-bond donors (Lipinski definition) is 1.